The van der Waals surface area contributed by atoms with Gasteiger partial charge in [-0.15, -0.1) is 0 Å². The van der Waals surface area contributed by atoms with E-state index < -0.39 is 52.7 Å². The average Bonchev–Trinajstić information content (AvgIpc) is 3.06. The predicted molar refractivity (Wildman–Crippen MR) is 165 cm³/mol. The van der Waals surface area contributed by atoms with E-state index >= 15 is 0 Å². The Balaban J connectivity index is 1.17. The van der Waals surface area contributed by atoms with E-state index in [9.17, 15) is 35.1 Å². The van der Waals surface area contributed by atoms with Crippen LogP contribution in [0.4, 0.5) is 35.1 Å². The molecule has 2 aliphatic rings. The molecule has 0 spiro atoms. The summed E-state index contributed by atoms with van der Waals surface area (Å²) in [6.07, 6.45) is 4.74. The summed E-state index contributed by atoms with van der Waals surface area (Å²) in [6.45, 7) is 3.10. The Morgan fingerprint density at radius 2 is 1.46 bits per heavy atom. The summed E-state index contributed by atoms with van der Waals surface area (Å²) >= 11 is 0. The molecule has 3 aromatic carbocycles. The van der Waals surface area contributed by atoms with E-state index in [1.165, 1.54) is 43.7 Å². The molecule has 0 radical (unpaired) electrons. The second kappa shape index (κ2) is 15.7. The summed E-state index contributed by atoms with van der Waals surface area (Å²) < 4.78 is 125. The standard InChI is InChI=1S/C37H38F8O3/c1-2-3-4-5-22-6-17-33(46-21-22)26-13-11-24(12-14-26)23-7-9-25(10-8-23)27-15-16-29(30(38)18-27)37(44,45)48-28-19-31(39)34(32(40)20-28)47-36(43)35(41)42/h7-10,15-16,18-20,22,24,26,33H,2-6,11-14,17,21H2,1H3. The van der Waals surface area contributed by atoms with Crippen LogP contribution in [0.3, 0.4) is 0 Å². The molecule has 3 nitrogen and oxygen atoms in total. The minimum absolute atomic E-state index is 0.171. The molecular formula is C37H38F8O3. The molecule has 0 N–H and O–H groups in total. The van der Waals surface area contributed by atoms with E-state index in [1.54, 1.807) is 0 Å². The Morgan fingerprint density at radius 1 is 0.792 bits per heavy atom. The van der Waals surface area contributed by atoms with E-state index in [1.807, 2.05) is 24.3 Å². The maximum atomic E-state index is 15.0. The van der Waals surface area contributed by atoms with E-state index in [0.29, 0.717) is 35.0 Å². The topological polar surface area (TPSA) is 27.7 Å². The number of hydrogen-bond acceptors (Lipinski definition) is 3. The number of rotatable bonds is 12. The van der Waals surface area contributed by atoms with Gasteiger partial charge in [0.25, 0.3) is 0 Å². The van der Waals surface area contributed by atoms with Crippen molar-refractivity contribution in [2.24, 2.45) is 11.8 Å². The van der Waals surface area contributed by atoms with Gasteiger partial charge in [0.15, 0.2) is 11.6 Å². The first-order valence-electron chi connectivity index (χ1n) is 16.4. The maximum absolute atomic E-state index is 15.0. The smallest absolute Gasteiger partial charge is 0.429 e. The largest absolute Gasteiger partial charge is 0.429 e. The summed E-state index contributed by atoms with van der Waals surface area (Å²) in [5, 5.41) is 0. The molecule has 48 heavy (non-hydrogen) atoms. The first-order valence-corrected chi connectivity index (χ1v) is 16.4. The van der Waals surface area contributed by atoms with Crippen molar-refractivity contribution in [2.45, 2.75) is 89.3 Å². The van der Waals surface area contributed by atoms with Crippen molar-refractivity contribution in [1.29, 1.82) is 0 Å². The zero-order valence-electron chi connectivity index (χ0n) is 26.5. The van der Waals surface area contributed by atoms with Gasteiger partial charge < -0.3 is 14.2 Å². The number of hydrogen-bond donors (Lipinski definition) is 0. The van der Waals surface area contributed by atoms with Crippen LogP contribution in [0.2, 0.25) is 0 Å². The van der Waals surface area contributed by atoms with Crippen LogP contribution in [-0.2, 0) is 10.8 Å². The number of alkyl halides is 2. The molecule has 1 saturated carbocycles. The summed E-state index contributed by atoms with van der Waals surface area (Å²) in [4.78, 5) is 0. The predicted octanol–water partition coefficient (Wildman–Crippen LogP) is 12.0. The molecule has 2 atom stereocenters. The summed E-state index contributed by atoms with van der Waals surface area (Å²) in [7, 11) is 0. The van der Waals surface area contributed by atoms with Gasteiger partial charge in [-0.05, 0) is 91.5 Å². The van der Waals surface area contributed by atoms with Crippen molar-refractivity contribution < 1.29 is 49.3 Å². The molecule has 11 heteroatoms. The van der Waals surface area contributed by atoms with Gasteiger partial charge in [-0.25, -0.2) is 13.2 Å². The van der Waals surface area contributed by atoms with Crippen molar-refractivity contribution in [3.05, 3.63) is 95.3 Å². The SMILES string of the molecule is CCCCCC1CCC(C2CCC(c3ccc(-c4ccc(C(F)(F)Oc5cc(F)c(OC(F)=C(F)F)c(F)c5)c(F)c4)cc3)CC2)OC1. The number of halogens is 8. The Hall–Kier alpha value is -3.60. The van der Waals surface area contributed by atoms with Gasteiger partial charge in [-0.1, -0.05) is 56.5 Å². The lowest BCUT2D eigenvalue weighted by Crippen LogP contribution is -2.34. The van der Waals surface area contributed by atoms with Crippen molar-refractivity contribution in [2.75, 3.05) is 6.61 Å². The highest BCUT2D eigenvalue weighted by molar-refractivity contribution is 5.64. The first kappa shape index (κ1) is 35.7. The second-order valence-electron chi connectivity index (χ2n) is 12.7. The molecule has 2 unspecified atom stereocenters. The van der Waals surface area contributed by atoms with Crippen molar-refractivity contribution in [1.82, 2.24) is 0 Å². The van der Waals surface area contributed by atoms with Crippen molar-refractivity contribution >= 4 is 0 Å². The molecule has 1 aliphatic heterocycles. The molecule has 5 rings (SSSR count). The van der Waals surface area contributed by atoms with Gasteiger partial charge in [-0.3, -0.25) is 0 Å². The Morgan fingerprint density at radius 3 is 2.04 bits per heavy atom. The number of benzene rings is 3. The average molecular weight is 683 g/mol. The van der Waals surface area contributed by atoms with E-state index in [-0.39, 0.29) is 12.1 Å². The molecule has 0 bridgehead atoms. The monoisotopic (exact) mass is 682 g/mol. The first-order chi connectivity index (χ1) is 22.9. The zero-order valence-corrected chi connectivity index (χ0v) is 26.5. The molecule has 260 valence electrons. The highest BCUT2D eigenvalue weighted by atomic mass is 19.3. The molecule has 1 saturated heterocycles. The molecule has 0 aromatic heterocycles. The van der Waals surface area contributed by atoms with E-state index in [0.717, 1.165) is 50.8 Å². The molecule has 2 fully saturated rings. The van der Waals surface area contributed by atoms with E-state index in [4.69, 9.17) is 4.74 Å². The van der Waals surface area contributed by atoms with E-state index in [2.05, 4.69) is 16.4 Å². The van der Waals surface area contributed by atoms with Crippen LogP contribution in [0.15, 0.2) is 66.7 Å². The van der Waals surface area contributed by atoms with Crippen LogP contribution in [0.25, 0.3) is 11.1 Å². The highest BCUT2D eigenvalue weighted by Crippen LogP contribution is 2.42. The molecule has 3 aromatic rings. The Bertz CT molecular complexity index is 1530. The van der Waals surface area contributed by atoms with Crippen molar-refractivity contribution in [3.63, 3.8) is 0 Å². The Kier molecular flexibility index (Phi) is 11.7. The van der Waals surface area contributed by atoms with Gasteiger partial charge in [-0.2, -0.15) is 22.0 Å². The molecule has 1 heterocycles. The third-order valence-corrected chi connectivity index (χ3v) is 9.48. The van der Waals surface area contributed by atoms with Crippen LogP contribution in [0.1, 0.15) is 88.2 Å². The zero-order chi connectivity index (χ0) is 34.4. The fourth-order valence-electron chi connectivity index (χ4n) is 6.84. The van der Waals surface area contributed by atoms with Gasteiger partial charge in [0.05, 0.1) is 11.7 Å². The minimum atomic E-state index is -4.39. The van der Waals surface area contributed by atoms with Crippen LogP contribution in [0.5, 0.6) is 11.5 Å². The molecule has 0 amide bonds. The fourth-order valence-corrected chi connectivity index (χ4v) is 6.84. The normalized spacial score (nSPS) is 21.5. The lowest BCUT2D eigenvalue weighted by Gasteiger charge is -2.38. The maximum Gasteiger partial charge on any atom is 0.429 e. The van der Waals surface area contributed by atoms with Crippen LogP contribution < -0.4 is 9.47 Å². The summed E-state index contributed by atoms with van der Waals surface area (Å²) in [6, 6.07) is 8.33. The fraction of sp³-hybridized carbons (Fsp3) is 0.459. The van der Waals surface area contributed by atoms with Gasteiger partial charge in [0, 0.05) is 18.7 Å². The van der Waals surface area contributed by atoms with Gasteiger partial charge >= 0.3 is 18.2 Å². The second-order valence-corrected chi connectivity index (χ2v) is 12.7. The Labute approximate surface area is 274 Å². The quantitative estimate of drug-likeness (QED) is 0.108. The summed E-state index contributed by atoms with van der Waals surface area (Å²) in [5.74, 6) is -5.97. The molecule has 1 aliphatic carbocycles. The number of unbranched alkanes of at least 4 members (excludes halogenated alkanes) is 2. The van der Waals surface area contributed by atoms with Crippen molar-refractivity contribution in [3.8, 4) is 22.6 Å². The summed E-state index contributed by atoms with van der Waals surface area (Å²) in [5.41, 5.74) is 0.901. The lowest BCUT2D eigenvalue weighted by atomic mass is 9.75. The third kappa shape index (κ3) is 8.70. The third-order valence-electron chi connectivity index (χ3n) is 9.48. The number of ether oxygens (including phenoxy) is 3. The van der Waals surface area contributed by atoms with Gasteiger partial charge in [0.2, 0.25) is 5.75 Å². The van der Waals surface area contributed by atoms with Crippen LogP contribution in [-0.4, -0.2) is 12.7 Å². The lowest BCUT2D eigenvalue weighted by molar-refractivity contribution is -0.187. The van der Waals surface area contributed by atoms with Crippen LogP contribution >= 0.6 is 0 Å². The highest BCUT2D eigenvalue weighted by Gasteiger charge is 2.38. The molecular weight excluding hydrogens is 644 g/mol. The van der Waals surface area contributed by atoms with Gasteiger partial charge in [0.1, 0.15) is 11.6 Å². The van der Waals surface area contributed by atoms with Crippen LogP contribution in [0, 0.1) is 29.3 Å². The minimum Gasteiger partial charge on any atom is -0.429 e.